The summed E-state index contributed by atoms with van der Waals surface area (Å²) >= 11 is 0. The third kappa shape index (κ3) is 2.51. The Kier molecular flexibility index (Phi) is 3.82. The summed E-state index contributed by atoms with van der Waals surface area (Å²) in [6.45, 7) is 5.76. The quantitative estimate of drug-likeness (QED) is 0.806. The van der Waals surface area contributed by atoms with E-state index in [1.165, 1.54) is 10.9 Å². The molecule has 3 heteroatoms. The van der Waals surface area contributed by atoms with Crippen LogP contribution in [-0.4, -0.2) is 20.3 Å². The first kappa shape index (κ1) is 12.1. The van der Waals surface area contributed by atoms with Gasteiger partial charge in [-0.1, -0.05) is 18.2 Å². The zero-order valence-electron chi connectivity index (χ0n) is 10.6. The number of rotatable bonds is 5. The van der Waals surface area contributed by atoms with Crippen LogP contribution in [0.4, 0.5) is 0 Å². The van der Waals surface area contributed by atoms with Gasteiger partial charge in [0, 0.05) is 19.0 Å². The number of furan rings is 1. The number of fused-ring (bicyclic) bond motifs is 1. The summed E-state index contributed by atoms with van der Waals surface area (Å²) in [5, 5.41) is 4.58. The Morgan fingerprint density at radius 2 is 2.12 bits per heavy atom. The van der Waals surface area contributed by atoms with Crippen LogP contribution < -0.4 is 5.32 Å². The van der Waals surface area contributed by atoms with Gasteiger partial charge in [0.1, 0.15) is 11.3 Å². The molecule has 0 aliphatic heterocycles. The van der Waals surface area contributed by atoms with E-state index in [9.17, 15) is 0 Å². The maximum atomic E-state index is 5.89. The molecule has 1 atom stereocenters. The molecular weight excluding hydrogens is 214 g/mol. The van der Waals surface area contributed by atoms with Crippen molar-refractivity contribution in [2.45, 2.75) is 19.9 Å². The van der Waals surface area contributed by atoms with Crippen molar-refractivity contribution < 1.29 is 9.15 Å². The Balaban J connectivity index is 2.20. The second-order valence-electron chi connectivity index (χ2n) is 4.26. The lowest BCUT2D eigenvalue weighted by Crippen LogP contribution is -2.22. The third-order valence-corrected chi connectivity index (χ3v) is 3.03. The fourth-order valence-corrected chi connectivity index (χ4v) is 2.08. The Morgan fingerprint density at radius 3 is 2.82 bits per heavy atom. The molecule has 0 saturated carbocycles. The molecule has 0 amide bonds. The lowest BCUT2D eigenvalue weighted by molar-refractivity contribution is 0.195. The van der Waals surface area contributed by atoms with Gasteiger partial charge < -0.3 is 14.5 Å². The molecule has 3 nitrogen and oxygen atoms in total. The van der Waals surface area contributed by atoms with E-state index in [1.54, 1.807) is 7.11 Å². The number of hydrogen-bond acceptors (Lipinski definition) is 3. The van der Waals surface area contributed by atoms with E-state index in [0.717, 1.165) is 17.9 Å². The molecule has 1 heterocycles. The maximum Gasteiger partial charge on any atom is 0.134 e. The molecule has 0 spiro atoms. The summed E-state index contributed by atoms with van der Waals surface area (Å²) in [5.41, 5.74) is 2.18. The molecule has 1 aromatic carbocycles. The van der Waals surface area contributed by atoms with Crippen LogP contribution in [0.15, 0.2) is 28.7 Å². The number of benzene rings is 1. The van der Waals surface area contributed by atoms with Crippen LogP contribution in [0, 0.1) is 6.92 Å². The van der Waals surface area contributed by atoms with E-state index in [4.69, 9.17) is 9.15 Å². The highest BCUT2D eigenvalue weighted by atomic mass is 16.5. The predicted molar refractivity (Wildman–Crippen MR) is 69.2 cm³/mol. The minimum Gasteiger partial charge on any atom is -0.459 e. The molecule has 0 aliphatic carbocycles. The summed E-state index contributed by atoms with van der Waals surface area (Å²) in [6, 6.07) is 8.35. The SMILES string of the molecule is COCCNC(C)c1oc2ccccc2c1C. The van der Waals surface area contributed by atoms with Gasteiger partial charge in [0.2, 0.25) is 0 Å². The maximum absolute atomic E-state index is 5.89. The van der Waals surface area contributed by atoms with Gasteiger partial charge in [-0.25, -0.2) is 0 Å². The predicted octanol–water partition coefficient (Wildman–Crippen LogP) is 3.04. The van der Waals surface area contributed by atoms with Crippen LogP contribution in [0.25, 0.3) is 11.0 Å². The number of hydrogen-bond donors (Lipinski definition) is 1. The minimum atomic E-state index is 0.206. The van der Waals surface area contributed by atoms with Crippen molar-refractivity contribution in [3.05, 3.63) is 35.6 Å². The standard InChI is InChI=1S/C14H19NO2/c1-10-12-6-4-5-7-13(12)17-14(10)11(2)15-8-9-16-3/h4-7,11,15H,8-9H2,1-3H3. The van der Waals surface area contributed by atoms with Crippen LogP contribution in [0.5, 0.6) is 0 Å². The first-order valence-corrected chi connectivity index (χ1v) is 5.94. The molecule has 92 valence electrons. The minimum absolute atomic E-state index is 0.206. The third-order valence-electron chi connectivity index (χ3n) is 3.03. The molecule has 0 aliphatic rings. The van der Waals surface area contributed by atoms with Crippen molar-refractivity contribution in [3.8, 4) is 0 Å². The number of para-hydroxylation sites is 1. The van der Waals surface area contributed by atoms with Gasteiger partial charge in [-0.3, -0.25) is 0 Å². The average molecular weight is 233 g/mol. The lowest BCUT2D eigenvalue weighted by Gasteiger charge is -2.11. The largest absolute Gasteiger partial charge is 0.459 e. The first-order valence-electron chi connectivity index (χ1n) is 5.94. The Labute approximate surface area is 102 Å². The fraction of sp³-hybridized carbons (Fsp3) is 0.429. The molecule has 0 saturated heterocycles. The summed E-state index contributed by atoms with van der Waals surface area (Å²) in [4.78, 5) is 0. The van der Waals surface area contributed by atoms with Gasteiger partial charge in [-0.05, 0) is 25.5 Å². The molecule has 0 fully saturated rings. The van der Waals surface area contributed by atoms with E-state index < -0.39 is 0 Å². The molecule has 1 N–H and O–H groups in total. The normalized spacial score (nSPS) is 13.1. The summed E-state index contributed by atoms with van der Waals surface area (Å²) in [7, 11) is 1.71. The average Bonchev–Trinajstić information content (AvgIpc) is 2.68. The highest BCUT2D eigenvalue weighted by Crippen LogP contribution is 2.28. The van der Waals surface area contributed by atoms with E-state index in [-0.39, 0.29) is 6.04 Å². The van der Waals surface area contributed by atoms with Crippen LogP contribution in [0.2, 0.25) is 0 Å². The van der Waals surface area contributed by atoms with E-state index in [0.29, 0.717) is 6.61 Å². The van der Waals surface area contributed by atoms with Crippen molar-refractivity contribution in [2.75, 3.05) is 20.3 Å². The summed E-state index contributed by atoms with van der Waals surface area (Å²) in [5.74, 6) is 1.02. The van der Waals surface area contributed by atoms with Gasteiger partial charge in [0.15, 0.2) is 0 Å². The highest BCUT2D eigenvalue weighted by molar-refractivity contribution is 5.82. The smallest absolute Gasteiger partial charge is 0.134 e. The van der Waals surface area contributed by atoms with Crippen molar-refractivity contribution >= 4 is 11.0 Å². The molecular formula is C14H19NO2. The van der Waals surface area contributed by atoms with E-state index in [2.05, 4.69) is 25.2 Å². The van der Waals surface area contributed by atoms with Crippen molar-refractivity contribution in [1.29, 1.82) is 0 Å². The van der Waals surface area contributed by atoms with Gasteiger partial charge in [0.05, 0.1) is 12.6 Å². The monoisotopic (exact) mass is 233 g/mol. The molecule has 1 unspecified atom stereocenters. The zero-order valence-corrected chi connectivity index (χ0v) is 10.6. The molecule has 17 heavy (non-hydrogen) atoms. The number of nitrogens with one attached hydrogen (secondary N) is 1. The second kappa shape index (κ2) is 5.34. The van der Waals surface area contributed by atoms with Crippen LogP contribution in [0.3, 0.4) is 0 Å². The van der Waals surface area contributed by atoms with Gasteiger partial charge >= 0.3 is 0 Å². The van der Waals surface area contributed by atoms with E-state index in [1.807, 2.05) is 18.2 Å². The molecule has 2 aromatic rings. The molecule has 1 aromatic heterocycles. The van der Waals surface area contributed by atoms with Crippen molar-refractivity contribution in [3.63, 3.8) is 0 Å². The first-order chi connectivity index (χ1) is 8.24. The van der Waals surface area contributed by atoms with Crippen molar-refractivity contribution in [1.82, 2.24) is 5.32 Å². The van der Waals surface area contributed by atoms with E-state index >= 15 is 0 Å². The number of ether oxygens (including phenoxy) is 1. The fourth-order valence-electron chi connectivity index (χ4n) is 2.08. The summed E-state index contributed by atoms with van der Waals surface area (Å²) < 4.78 is 10.9. The highest BCUT2D eigenvalue weighted by Gasteiger charge is 2.15. The van der Waals surface area contributed by atoms with Crippen LogP contribution in [-0.2, 0) is 4.74 Å². The van der Waals surface area contributed by atoms with Crippen LogP contribution in [0.1, 0.15) is 24.3 Å². The van der Waals surface area contributed by atoms with Crippen LogP contribution >= 0.6 is 0 Å². The Bertz CT molecular complexity index is 490. The van der Waals surface area contributed by atoms with Gasteiger partial charge in [0.25, 0.3) is 0 Å². The summed E-state index contributed by atoms with van der Waals surface area (Å²) in [6.07, 6.45) is 0. The Morgan fingerprint density at radius 1 is 1.35 bits per heavy atom. The molecule has 2 rings (SSSR count). The zero-order chi connectivity index (χ0) is 12.3. The lowest BCUT2D eigenvalue weighted by atomic mass is 10.1. The number of aryl methyl sites for hydroxylation is 1. The topological polar surface area (TPSA) is 34.4 Å². The molecule has 0 radical (unpaired) electrons. The van der Waals surface area contributed by atoms with Gasteiger partial charge in [-0.15, -0.1) is 0 Å². The van der Waals surface area contributed by atoms with Gasteiger partial charge in [-0.2, -0.15) is 0 Å². The molecule has 0 bridgehead atoms. The number of methoxy groups -OCH3 is 1. The Hall–Kier alpha value is -1.32. The second-order valence-corrected chi connectivity index (χ2v) is 4.26. The van der Waals surface area contributed by atoms with Crippen molar-refractivity contribution in [2.24, 2.45) is 0 Å².